The van der Waals surface area contributed by atoms with Gasteiger partial charge in [-0.2, -0.15) is 0 Å². The number of rotatable bonds is 3. The lowest BCUT2D eigenvalue weighted by Crippen LogP contribution is -2.12. The Morgan fingerprint density at radius 3 is 2.95 bits per heavy atom. The van der Waals surface area contributed by atoms with Crippen LogP contribution in [0.5, 0.6) is 0 Å². The van der Waals surface area contributed by atoms with E-state index in [0.29, 0.717) is 11.3 Å². The van der Waals surface area contributed by atoms with E-state index in [2.05, 4.69) is 19.7 Å². The highest BCUT2D eigenvalue weighted by Gasteiger charge is 2.22. The molecule has 0 spiro atoms. The molecule has 0 unspecified atom stereocenters. The lowest BCUT2D eigenvalue weighted by atomic mass is 10.2. The zero-order valence-corrected chi connectivity index (χ0v) is 10.4. The fourth-order valence-corrected chi connectivity index (χ4v) is 2.92. The molecule has 19 heavy (non-hydrogen) atoms. The van der Waals surface area contributed by atoms with E-state index >= 15 is 0 Å². The molecule has 1 amide bonds. The average Bonchev–Trinajstić information content (AvgIpc) is 2.95. The molecule has 1 aromatic carbocycles. The lowest BCUT2D eigenvalue weighted by Gasteiger charge is -2.06. The van der Waals surface area contributed by atoms with Gasteiger partial charge in [0.05, 0.1) is 17.5 Å². The van der Waals surface area contributed by atoms with Gasteiger partial charge in [-0.15, -0.1) is 0 Å². The number of sulfonamides is 1. The standard InChI is InChI=1S/C11H9N3O4S/c15-11-4-7-3-9(1-2-10(7)13-11)19(16,17)14-8-5-12-18-6-8/h1-3,5-6,14H,4H2,(H,13,15). The Kier molecular flexibility index (Phi) is 2.53. The molecular weight excluding hydrogens is 270 g/mol. The molecule has 0 bridgehead atoms. The normalized spacial score (nSPS) is 14.0. The Morgan fingerprint density at radius 1 is 1.37 bits per heavy atom. The molecule has 2 aromatic rings. The summed E-state index contributed by atoms with van der Waals surface area (Å²) >= 11 is 0. The fraction of sp³-hybridized carbons (Fsp3) is 0.0909. The molecular formula is C11H9N3O4S. The summed E-state index contributed by atoms with van der Waals surface area (Å²) < 4.78 is 31.1. The molecule has 1 aromatic heterocycles. The number of nitrogens with one attached hydrogen (secondary N) is 2. The van der Waals surface area contributed by atoms with E-state index in [4.69, 9.17) is 0 Å². The maximum Gasteiger partial charge on any atom is 0.262 e. The molecule has 0 atom stereocenters. The Balaban J connectivity index is 1.94. The van der Waals surface area contributed by atoms with Crippen molar-refractivity contribution in [1.82, 2.24) is 5.16 Å². The maximum atomic E-state index is 12.1. The van der Waals surface area contributed by atoms with Gasteiger partial charge in [-0.25, -0.2) is 8.42 Å². The van der Waals surface area contributed by atoms with E-state index in [-0.39, 0.29) is 22.9 Å². The Hall–Kier alpha value is -2.35. The first kappa shape index (κ1) is 11.7. The molecule has 7 nitrogen and oxygen atoms in total. The van der Waals surface area contributed by atoms with Gasteiger partial charge in [-0.1, -0.05) is 5.16 Å². The number of benzene rings is 1. The number of hydrogen-bond donors (Lipinski definition) is 2. The molecule has 1 aliphatic rings. The number of amides is 1. The fourth-order valence-electron chi connectivity index (χ4n) is 1.84. The van der Waals surface area contributed by atoms with E-state index in [1.807, 2.05) is 0 Å². The van der Waals surface area contributed by atoms with Gasteiger partial charge in [0, 0.05) is 5.69 Å². The summed E-state index contributed by atoms with van der Waals surface area (Å²) in [6.45, 7) is 0. The van der Waals surface area contributed by atoms with E-state index in [1.54, 1.807) is 6.07 Å². The Bertz CT molecular complexity index is 737. The summed E-state index contributed by atoms with van der Waals surface area (Å²) in [5.74, 6) is -0.142. The first-order valence-corrected chi connectivity index (χ1v) is 6.88. The van der Waals surface area contributed by atoms with Crippen LogP contribution in [-0.4, -0.2) is 19.5 Å². The third-order valence-electron chi connectivity index (χ3n) is 2.70. The second-order valence-electron chi connectivity index (χ2n) is 4.06. The van der Waals surface area contributed by atoms with E-state index in [0.717, 1.165) is 0 Å². The third-order valence-corrected chi connectivity index (χ3v) is 4.08. The molecule has 0 saturated heterocycles. The number of anilines is 2. The van der Waals surface area contributed by atoms with Crippen molar-refractivity contribution in [2.45, 2.75) is 11.3 Å². The molecule has 3 rings (SSSR count). The highest BCUT2D eigenvalue weighted by atomic mass is 32.2. The van der Waals surface area contributed by atoms with Gasteiger partial charge in [0.2, 0.25) is 5.91 Å². The van der Waals surface area contributed by atoms with E-state index in [1.165, 1.54) is 24.6 Å². The maximum absolute atomic E-state index is 12.1. The number of carbonyl (C=O) groups is 1. The highest BCUT2D eigenvalue weighted by molar-refractivity contribution is 7.92. The third kappa shape index (κ3) is 2.17. The Morgan fingerprint density at radius 2 is 2.21 bits per heavy atom. The van der Waals surface area contributed by atoms with Crippen LogP contribution < -0.4 is 10.0 Å². The zero-order chi connectivity index (χ0) is 13.5. The van der Waals surface area contributed by atoms with Crippen molar-refractivity contribution in [3.05, 3.63) is 36.2 Å². The van der Waals surface area contributed by atoms with Crippen LogP contribution >= 0.6 is 0 Å². The second kappa shape index (κ2) is 4.09. The predicted molar refractivity (Wildman–Crippen MR) is 66.1 cm³/mol. The number of carbonyl (C=O) groups excluding carboxylic acids is 1. The SMILES string of the molecule is O=C1Cc2cc(S(=O)(=O)Nc3cnoc3)ccc2N1. The Labute approximate surface area is 108 Å². The first-order chi connectivity index (χ1) is 9.04. The molecule has 0 radical (unpaired) electrons. The predicted octanol–water partition coefficient (Wildman–Crippen LogP) is 0.970. The molecule has 2 N–H and O–H groups in total. The molecule has 1 aliphatic heterocycles. The van der Waals surface area contributed by atoms with Gasteiger partial charge in [0.1, 0.15) is 12.0 Å². The second-order valence-corrected chi connectivity index (χ2v) is 5.74. The van der Waals surface area contributed by atoms with Crippen molar-refractivity contribution in [3.8, 4) is 0 Å². The van der Waals surface area contributed by atoms with Crippen LogP contribution in [0.4, 0.5) is 11.4 Å². The van der Waals surface area contributed by atoms with Gasteiger partial charge >= 0.3 is 0 Å². The molecule has 0 saturated carbocycles. The van der Waals surface area contributed by atoms with Crippen molar-refractivity contribution >= 4 is 27.3 Å². The smallest absolute Gasteiger partial charge is 0.262 e. The molecule has 8 heteroatoms. The van der Waals surface area contributed by atoms with Crippen LogP contribution in [0.25, 0.3) is 0 Å². The molecule has 0 fully saturated rings. The summed E-state index contributed by atoms with van der Waals surface area (Å²) in [5, 5.41) is 6.05. The quantitative estimate of drug-likeness (QED) is 0.871. The minimum Gasteiger partial charge on any atom is -0.362 e. The van der Waals surface area contributed by atoms with Crippen LogP contribution in [0.2, 0.25) is 0 Å². The van der Waals surface area contributed by atoms with Gasteiger partial charge < -0.3 is 9.84 Å². The van der Waals surface area contributed by atoms with Crippen LogP contribution in [0.15, 0.2) is 40.1 Å². The van der Waals surface area contributed by atoms with Gasteiger partial charge in [-0.3, -0.25) is 9.52 Å². The van der Waals surface area contributed by atoms with E-state index in [9.17, 15) is 13.2 Å². The number of hydrogen-bond acceptors (Lipinski definition) is 5. The highest BCUT2D eigenvalue weighted by Crippen LogP contribution is 2.26. The summed E-state index contributed by atoms with van der Waals surface area (Å²) in [6.07, 6.45) is 2.64. The first-order valence-electron chi connectivity index (χ1n) is 5.39. The molecule has 98 valence electrons. The minimum absolute atomic E-state index is 0.0870. The number of nitrogens with zero attached hydrogens (tertiary/aromatic N) is 1. The van der Waals surface area contributed by atoms with Crippen molar-refractivity contribution in [1.29, 1.82) is 0 Å². The minimum atomic E-state index is -3.71. The number of aromatic nitrogens is 1. The zero-order valence-electron chi connectivity index (χ0n) is 9.58. The lowest BCUT2D eigenvalue weighted by molar-refractivity contribution is -0.115. The van der Waals surface area contributed by atoms with Gasteiger partial charge in [0.25, 0.3) is 10.0 Å². The molecule has 2 heterocycles. The van der Waals surface area contributed by atoms with E-state index < -0.39 is 10.0 Å². The van der Waals surface area contributed by atoms with Crippen LogP contribution in [0.3, 0.4) is 0 Å². The van der Waals surface area contributed by atoms with Crippen LogP contribution in [0, 0.1) is 0 Å². The van der Waals surface area contributed by atoms with Gasteiger partial charge in [-0.05, 0) is 23.8 Å². The van der Waals surface area contributed by atoms with Crippen molar-refractivity contribution in [3.63, 3.8) is 0 Å². The summed E-state index contributed by atoms with van der Waals surface area (Å²) in [7, 11) is -3.71. The summed E-state index contributed by atoms with van der Waals surface area (Å²) in [5.41, 5.74) is 1.56. The van der Waals surface area contributed by atoms with Crippen LogP contribution in [0.1, 0.15) is 5.56 Å². The largest absolute Gasteiger partial charge is 0.362 e. The van der Waals surface area contributed by atoms with Crippen LogP contribution in [-0.2, 0) is 21.2 Å². The van der Waals surface area contributed by atoms with Crippen molar-refractivity contribution in [2.75, 3.05) is 10.0 Å². The summed E-state index contributed by atoms with van der Waals surface area (Å²) in [4.78, 5) is 11.3. The monoisotopic (exact) mass is 279 g/mol. The molecule has 0 aliphatic carbocycles. The van der Waals surface area contributed by atoms with Gasteiger partial charge in [0.15, 0.2) is 0 Å². The summed E-state index contributed by atoms with van der Waals surface area (Å²) in [6, 6.07) is 4.48. The number of fused-ring (bicyclic) bond motifs is 1. The van der Waals surface area contributed by atoms with Crippen molar-refractivity contribution < 1.29 is 17.7 Å². The topological polar surface area (TPSA) is 101 Å². The van der Waals surface area contributed by atoms with Crippen molar-refractivity contribution in [2.24, 2.45) is 0 Å². The average molecular weight is 279 g/mol.